The summed E-state index contributed by atoms with van der Waals surface area (Å²) in [7, 11) is 0. The zero-order valence-corrected chi connectivity index (χ0v) is 18.8. The predicted octanol–water partition coefficient (Wildman–Crippen LogP) is 4.45. The third-order valence-electron chi connectivity index (χ3n) is 6.30. The number of alkyl halides is 2. The third-order valence-corrected chi connectivity index (χ3v) is 9.50. The van der Waals surface area contributed by atoms with Crippen LogP contribution < -0.4 is 9.64 Å². The molecule has 5 nitrogen and oxygen atoms in total. The van der Waals surface area contributed by atoms with Gasteiger partial charge in [0.05, 0.1) is 17.5 Å². The van der Waals surface area contributed by atoms with Crippen LogP contribution in [0.3, 0.4) is 0 Å². The van der Waals surface area contributed by atoms with Crippen LogP contribution in [-0.2, 0) is 14.4 Å². The fourth-order valence-corrected chi connectivity index (χ4v) is 6.84. The highest BCUT2D eigenvalue weighted by atomic mass is 79.9. The van der Waals surface area contributed by atoms with Crippen molar-refractivity contribution in [3.8, 4) is 5.75 Å². The molecule has 0 radical (unpaired) electrons. The summed E-state index contributed by atoms with van der Waals surface area (Å²) >= 11 is 7.40. The van der Waals surface area contributed by atoms with E-state index in [1.54, 1.807) is 24.3 Å². The van der Waals surface area contributed by atoms with E-state index in [4.69, 9.17) is 4.74 Å². The minimum atomic E-state index is -0.257. The molecule has 150 valence electrons. The molecule has 0 N–H and O–H groups in total. The standard InChI is InChI=1S/C21H23Br2NO4/c1-2-3-4-5-15(25)28-12-8-6-11(7-9-12)24-20(26)16-13-10-14(17(16)21(24)27)19(23)18(13)22/h6-9,13-14,16-19H,2-5,10H2,1H3/t13-,14+,16+,17-,18+,19-. The molecule has 3 aliphatic rings. The molecule has 28 heavy (non-hydrogen) atoms. The molecule has 3 fully saturated rings. The van der Waals surface area contributed by atoms with E-state index in [1.165, 1.54) is 4.90 Å². The van der Waals surface area contributed by atoms with Crippen LogP contribution in [0.1, 0.15) is 39.0 Å². The number of halogens is 2. The fraction of sp³-hybridized carbons (Fsp3) is 0.571. The number of anilines is 1. The lowest BCUT2D eigenvalue weighted by Crippen LogP contribution is -2.37. The smallest absolute Gasteiger partial charge is 0.311 e. The van der Waals surface area contributed by atoms with Crippen molar-refractivity contribution in [2.75, 3.05) is 4.90 Å². The van der Waals surface area contributed by atoms with E-state index in [0.29, 0.717) is 17.9 Å². The number of fused-ring (bicyclic) bond motifs is 5. The number of carbonyl (C=O) groups is 3. The number of ether oxygens (including phenoxy) is 1. The molecule has 0 unspecified atom stereocenters. The number of benzene rings is 1. The Kier molecular flexibility index (Phi) is 5.67. The Morgan fingerprint density at radius 1 is 1.04 bits per heavy atom. The second-order valence-electron chi connectivity index (χ2n) is 7.94. The molecule has 2 aliphatic carbocycles. The van der Waals surface area contributed by atoms with Crippen LogP contribution in [0.5, 0.6) is 5.75 Å². The Morgan fingerprint density at radius 3 is 2.14 bits per heavy atom. The number of carbonyl (C=O) groups excluding carboxylic acids is 3. The predicted molar refractivity (Wildman–Crippen MR) is 113 cm³/mol. The van der Waals surface area contributed by atoms with Crippen molar-refractivity contribution in [1.29, 1.82) is 0 Å². The summed E-state index contributed by atoms with van der Waals surface area (Å²) in [6, 6.07) is 6.67. The molecule has 0 aromatic heterocycles. The van der Waals surface area contributed by atoms with Gasteiger partial charge in [0.1, 0.15) is 5.75 Å². The average Bonchev–Trinajstić information content (AvgIpc) is 3.28. The number of amides is 2. The second-order valence-corrected chi connectivity index (χ2v) is 10.1. The van der Waals surface area contributed by atoms with Gasteiger partial charge in [-0.2, -0.15) is 0 Å². The molecule has 1 aromatic rings. The first kappa shape index (κ1) is 20.1. The SMILES string of the molecule is CCCCCC(=O)Oc1ccc(N2C(=O)[C@@H]3[C@@H]4C[C@@H]([C@H](Br)[C@@H]4Br)[C@@H]3C2=O)cc1. The second kappa shape index (κ2) is 7.90. The van der Waals surface area contributed by atoms with Gasteiger partial charge in [-0.25, -0.2) is 0 Å². The Morgan fingerprint density at radius 2 is 1.61 bits per heavy atom. The quantitative estimate of drug-likeness (QED) is 0.186. The summed E-state index contributed by atoms with van der Waals surface area (Å²) in [5, 5.41) is 0. The third kappa shape index (κ3) is 3.24. The Balaban J connectivity index is 1.46. The number of esters is 1. The minimum Gasteiger partial charge on any atom is -0.427 e. The summed E-state index contributed by atoms with van der Waals surface area (Å²) in [5.41, 5.74) is 0.548. The highest BCUT2D eigenvalue weighted by Gasteiger charge is 2.66. The highest BCUT2D eigenvalue weighted by Crippen LogP contribution is 2.60. The topological polar surface area (TPSA) is 63.7 Å². The number of unbranched alkanes of at least 4 members (excludes halogenated alkanes) is 2. The lowest BCUT2D eigenvalue weighted by atomic mass is 9.81. The number of hydrogen-bond donors (Lipinski definition) is 0. The van der Waals surface area contributed by atoms with Gasteiger partial charge in [0.15, 0.2) is 0 Å². The summed E-state index contributed by atoms with van der Waals surface area (Å²) in [6.07, 6.45) is 4.18. The molecule has 2 saturated carbocycles. The van der Waals surface area contributed by atoms with Crippen LogP contribution in [0.15, 0.2) is 24.3 Å². The minimum absolute atomic E-state index is 0.101. The van der Waals surface area contributed by atoms with Crippen LogP contribution in [-0.4, -0.2) is 27.4 Å². The lowest BCUT2D eigenvalue weighted by Gasteiger charge is -2.28. The largest absolute Gasteiger partial charge is 0.427 e. The van der Waals surface area contributed by atoms with Gasteiger partial charge >= 0.3 is 5.97 Å². The van der Waals surface area contributed by atoms with Gasteiger partial charge in [0, 0.05) is 16.1 Å². The van der Waals surface area contributed by atoms with Crippen LogP contribution in [0.4, 0.5) is 5.69 Å². The molecule has 1 aromatic carbocycles. The van der Waals surface area contributed by atoms with Gasteiger partial charge in [0.25, 0.3) is 0 Å². The Hall–Kier alpha value is -1.21. The van der Waals surface area contributed by atoms with Gasteiger partial charge < -0.3 is 4.74 Å². The molecule has 2 bridgehead atoms. The van der Waals surface area contributed by atoms with Gasteiger partial charge in [-0.3, -0.25) is 19.3 Å². The van der Waals surface area contributed by atoms with Gasteiger partial charge in [-0.05, 0) is 48.9 Å². The maximum Gasteiger partial charge on any atom is 0.311 e. The van der Waals surface area contributed by atoms with Crippen LogP contribution >= 0.6 is 31.9 Å². The van der Waals surface area contributed by atoms with Gasteiger partial charge in [-0.1, -0.05) is 51.6 Å². The Labute approximate surface area is 181 Å². The van der Waals surface area contributed by atoms with Crippen molar-refractivity contribution >= 4 is 55.3 Å². The molecule has 4 rings (SSSR count). The summed E-state index contributed by atoms with van der Waals surface area (Å²) in [5.74, 6) is -0.0869. The number of imide groups is 1. The van der Waals surface area contributed by atoms with E-state index in [-0.39, 0.29) is 51.1 Å². The van der Waals surface area contributed by atoms with Crippen molar-refractivity contribution < 1.29 is 19.1 Å². The normalized spacial score (nSPS) is 33.5. The zero-order chi connectivity index (χ0) is 20.0. The molecule has 6 atom stereocenters. The van der Waals surface area contributed by atoms with Crippen molar-refractivity contribution in [2.45, 2.75) is 48.7 Å². The van der Waals surface area contributed by atoms with Crippen molar-refractivity contribution in [3.63, 3.8) is 0 Å². The lowest BCUT2D eigenvalue weighted by molar-refractivity contribution is -0.134. The van der Waals surface area contributed by atoms with Crippen molar-refractivity contribution in [2.24, 2.45) is 23.7 Å². The van der Waals surface area contributed by atoms with E-state index < -0.39 is 0 Å². The molecule has 7 heteroatoms. The van der Waals surface area contributed by atoms with Gasteiger partial charge in [-0.15, -0.1) is 0 Å². The van der Waals surface area contributed by atoms with Crippen LogP contribution in [0.2, 0.25) is 0 Å². The number of hydrogen-bond acceptors (Lipinski definition) is 4. The molecule has 2 amide bonds. The van der Waals surface area contributed by atoms with E-state index >= 15 is 0 Å². The van der Waals surface area contributed by atoms with Crippen LogP contribution in [0.25, 0.3) is 0 Å². The van der Waals surface area contributed by atoms with Crippen molar-refractivity contribution in [3.05, 3.63) is 24.3 Å². The van der Waals surface area contributed by atoms with E-state index in [9.17, 15) is 14.4 Å². The molecular weight excluding hydrogens is 490 g/mol. The van der Waals surface area contributed by atoms with Crippen LogP contribution in [0, 0.1) is 23.7 Å². The molecule has 1 aliphatic heterocycles. The summed E-state index contributed by atoms with van der Waals surface area (Å²) < 4.78 is 5.34. The monoisotopic (exact) mass is 511 g/mol. The molecule has 0 spiro atoms. The molecular formula is C21H23Br2NO4. The summed E-state index contributed by atoms with van der Waals surface area (Å²) in [6.45, 7) is 2.08. The zero-order valence-electron chi connectivity index (χ0n) is 15.6. The first-order valence-electron chi connectivity index (χ1n) is 9.90. The number of nitrogens with zero attached hydrogens (tertiary/aromatic N) is 1. The fourth-order valence-electron chi connectivity index (χ4n) is 4.97. The summed E-state index contributed by atoms with van der Waals surface area (Å²) in [4.78, 5) is 39.7. The first-order chi connectivity index (χ1) is 13.4. The maximum absolute atomic E-state index is 13.0. The number of rotatable bonds is 6. The van der Waals surface area contributed by atoms with Gasteiger partial charge in [0.2, 0.25) is 11.8 Å². The highest BCUT2D eigenvalue weighted by molar-refractivity contribution is 9.12. The van der Waals surface area contributed by atoms with E-state index in [1.807, 2.05) is 0 Å². The van der Waals surface area contributed by atoms with E-state index in [2.05, 4.69) is 38.8 Å². The van der Waals surface area contributed by atoms with Crippen molar-refractivity contribution in [1.82, 2.24) is 0 Å². The van der Waals surface area contributed by atoms with E-state index in [0.717, 1.165) is 25.7 Å². The molecule has 1 heterocycles. The first-order valence-corrected chi connectivity index (χ1v) is 11.7. The molecule has 1 saturated heterocycles. The maximum atomic E-state index is 13.0. The Bertz CT molecular complexity index is 764. The average molecular weight is 513 g/mol.